The Bertz CT molecular complexity index is 799. The zero-order chi connectivity index (χ0) is 24.9. The molecule has 0 spiro atoms. The molecule has 2 rings (SSSR count). The van der Waals surface area contributed by atoms with E-state index in [2.05, 4.69) is 52.0 Å². The third-order valence-electron chi connectivity index (χ3n) is 5.90. The highest BCUT2D eigenvalue weighted by Gasteiger charge is 2.11. The Kier molecular flexibility index (Phi) is 12.1. The van der Waals surface area contributed by atoms with Crippen molar-refractivity contribution in [1.82, 2.24) is 0 Å². The number of ether oxygens (including phenoxy) is 4. The van der Waals surface area contributed by atoms with Crippen LogP contribution in [-0.4, -0.2) is 46.4 Å². The van der Waals surface area contributed by atoms with Gasteiger partial charge < -0.3 is 18.9 Å². The first-order chi connectivity index (χ1) is 16.3. The minimum Gasteiger partial charge on any atom is -0.493 e. The van der Waals surface area contributed by atoms with Crippen molar-refractivity contribution in [3.8, 4) is 11.5 Å². The molecule has 0 saturated heterocycles. The molecule has 2 aromatic rings. The molecule has 0 bridgehead atoms. The largest absolute Gasteiger partial charge is 0.493 e. The van der Waals surface area contributed by atoms with Gasteiger partial charge in [-0.1, -0.05) is 24.3 Å². The number of rotatable bonds is 16. The highest BCUT2D eigenvalue weighted by Crippen LogP contribution is 2.27. The molecule has 2 aromatic carbocycles. The van der Waals surface area contributed by atoms with Gasteiger partial charge in [-0.3, -0.25) is 4.79 Å². The van der Waals surface area contributed by atoms with Gasteiger partial charge in [0.2, 0.25) is 0 Å². The van der Waals surface area contributed by atoms with Crippen LogP contribution in [0, 0.1) is 27.7 Å². The quantitative estimate of drug-likeness (QED) is 0.287. The van der Waals surface area contributed by atoms with Gasteiger partial charge >= 0.3 is 0 Å². The topological polar surface area (TPSA) is 54.0 Å². The average molecular weight is 471 g/mol. The summed E-state index contributed by atoms with van der Waals surface area (Å²) in [5.41, 5.74) is 6.86. The molecule has 0 unspecified atom stereocenters. The van der Waals surface area contributed by atoms with E-state index < -0.39 is 0 Å². The second-order valence-electron chi connectivity index (χ2n) is 9.05. The monoisotopic (exact) mass is 470 g/mol. The number of carbonyl (C=O) groups is 1. The van der Waals surface area contributed by atoms with E-state index in [-0.39, 0.29) is 0 Å². The van der Waals surface area contributed by atoms with E-state index in [0.29, 0.717) is 45.1 Å². The van der Waals surface area contributed by atoms with E-state index in [1.807, 2.05) is 0 Å². The maximum Gasteiger partial charge on any atom is 0.133 e. The van der Waals surface area contributed by atoms with Crippen molar-refractivity contribution in [1.29, 1.82) is 0 Å². The Morgan fingerprint density at radius 3 is 1.29 bits per heavy atom. The van der Waals surface area contributed by atoms with Crippen molar-refractivity contribution in [2.45, 2.75) is 66.2 Å². The smallest absolute Gasteiger partial charge is 0.133 e. The predicted octanol–water partition coefficient (Wildman–Crippen LogP) is 5.89. The highest BCUT2D eigenvalue weighted by atomic mass is 16.5. The molecule has 0 radical (unpaired) electrons. The minimum atomic E-state index is 0.297. The molecular weight excluding hydrogens is 428 g/mol. The SMILES string of the molecule is COCCCOc1c(C)cc(CCC(=O)CCc2cc(C)c(OCCCOC)c(C)c2)cc1C. The summed E-state index contributed by atoms with van der Waals surface area (Å²) in [6, 6.07) is 8.57. The van der Waals surface area contributed by atoms with Crippen LogP contribution in [0.25, 0.3) is 0 Å². The lowest BCUT2D eigenvalue weighted by atomic mass is 9.98. The summed E-state index contributed by atoms with van der Waals surface area (Å²) in [7, 11) is 3.40. The van der Waals surface area contributed by atoms with Gasteiger partial charge in [0.1, 0.15) is 17.3 Å². The lowest BCUT2D eigenvalue weighted by Crippen LogP contribution is -2.06. The maximum absolute atomic E-state index is 12.6. The van der Waals surface area contributed by atoms with Gasteiger partial charge in [0.05, 0.1) is 13.2 Å². The van der Waals surface area contributed by atoms with Crippen LogP contribution in [-0.2, 0) is 27.1 Å². The van der Waals surface area contributed by atoms with E-state index in [9.17, 15) is 4.79 Å². The second kappa shape index (κ2) is 14.8. The van der Waals surface area contributed by atoms with E-state index >= 15 is 0 Å². The number of Topliss-reactive ketones (excluding diaryl/α,β-unsaturated/α-hetero) is 1. The number of ketones is 1. The van der Waals surface area contributed by atoms with Gasteiger partial charge in [0.15, 0.2) is 0 Å². The van der Waals surface area contributed by atoms with E-state index in [4.69, 9.17) is 18.9 Å². The lowest BCUT2D eigenvalue weighted by Gasteiger charge is -2.14. The van der Waals surface area contributed by atoms with Crippen LogP contribution in [0.2, 0.25) is 0 Å². The molecule has 5 nitrogen and oxygen atoms in total. The van der Waals surface area contributed by atoms with Gasteiger partial charge in [-0.25, -0.2) is 0 Å². The molecular formula is C29H42O5. The van der Waals surface area contributed by atoms with Crippen molar-refractivity contribution in [3.05, 3.63) is 57.6 Å². The summed E-state index contributed by atoms with van der Waals surface area (Å²) in [5, 5.41) is 0. The number of benzene rings is 2. The standard InChI is InChI=1S/C29H42O5/c1-21-17-25(18-22(2)28(21)33-15-7-13-31-5)9-11-27(30)12-10-26-19-23(3)29(24(4)20-26)34-16-8-14-32-6/h17-20H,7-16H2,1-6H3. The van der Waals surface area contributed by atoms with Crippen LogP contribution in [0.1, 0.15) is 59.1 Å². The fourth-order valence-corrected chi connectivity index (χ4v) is 4.27. The molecule has 0 amide bonds. The first kappa shape index (κ1) is 27.9. The normalized spacial score (nSPS) is 11.0. The Hall–Kier alpha value is -2.37. The lowest BCUT2D eigenvalue weighted by molar-refractivity contribution is -0.119. The van der Waals surface area contributed by atoms with Crippen LogP contribution in [0.15, 0.2) is 24.3 Å². The summed E-state index contributed by atoms with van der Waals surface area (Å²) < 4.78 is 22.0. The van der Waals surface area contributed by atoms with E-state index in [0.717, 1.165) is 59.4 Å². The molecule has 0 N–H and O–H groups in total. The Morgan fingerprint density at radius 2 is 0.971 bits per heavy atom. The van der Waals surface area contributed by atoms with Crippen LogP contribution in [0.3, 0.4) is 0 Å². The summed E-state index contributed by atoms with van der Waals surface area (Å²) in [5.74, 6) is 2.19. The van der Waals surface area contributed by atoms with Gasteiger partial charge in [0, 0.05) is 53.1 Å². The summed E-state index contributed by atoms with van der Waals surface area (Å²) in [6.07, 6.45) is 4.38. The second-order valence-corrected chi connectivity index (χ2v) is 9.05. The van der Waals surface area contributed by atoms with Crippen LogP contribution in [0.5, 0.6) is 11.5 Å². The Morgan fingerprint density at radius 1 is 0.618 bits per heavy atom. The van der Waals surface area contributed by atoms with Gasteiger partial charge in [-0.15, -0.1) is 0 Å². The molecule has 34 heavy (non-hydrogen) atoms. The fraction of sp³-hybridized carbons (Fsp3) is 0.552. The summed E-state index contributed by atoms with van der Waals surface area (Å²) in [4.78, 5) is 12.6. The van der Waals surface area contributed by atoms with Crippen LogP contribution in [0.4, 0.5) is 0 Å². The number of methoxy groups -OCH3 is 2. The molecule has 188 valence electrons. The van der Waals surface area contributed by atoms with Crippen molar-refractivity contribution in [2.75, 3.05) is 40.6 Å². The minimum absolute atomic E-state index is 0.297. The van der Waals surface area contributed by atoms with Crippen LogP contribution < -0.4 is 9.47 Å². The van der Waals surface area contributed by atoms with Crippen LogP contribution >= 0.6 is 0 Å². The molecule has 0 saturated carbocycles. The van der Waals surface area contributed by atoms with Gasteiger partial charge in [-0.2, -0.15) is 0 Å². The fourth-order valence-electron chi connectivity index (χ4n) is 4.27. The van der Waals surface area contributed by atoms with E-state index in [1.54, 1.807) is 14.2 Å². The number of carbonyl (C=O) groups excluding carboxylic acids is 1. The Labute approximate surface area is 205 Å². The molecule has 0 atom stereocenters. The van der Waals surface area contributed by atoms with Crippen molar-refractivity contribution >= 4 is 5.78 Å². The van der Waals surface area contributed by atoms with E-state index in [1.165, 1.54) is 11.1 Å². The van der Waals surface area contributed by atoms with Crippen molar-refractivity contribution in [2.24, 2.45) is 0 Å². The first-order valence-corrected chi connectivity index (χ1v) is 12.3. The Balaban J connectivity index is 1.84. The van der Waals surface area contributed by atoms with Gasteiger partial charge in [-0.05, 0) is 73.9 Å². The maximum atomic E-state index is 12.6. The van der Waals surface area contributed by atoms with Crippen molar-refractivity contribution in [3.63, 3.8) is 0 Å². The number of aryl methyl sites for hydroxylation is 6. The zero-order valence-corrected chi connectivity index (χ0v) is 21.9. The number of hydrogen-bond donors (Lipinski definition) is 0. The molecule has 0 heterocycles. The zero-order valence-electron chi connectivity index (χ0n) is 21.9. The summed E-state index contributed by atoms with van der Waals surface area (Å²) in [6.45, 7) is 11.0. The molecule has 0 aliphatic rings. The highest BCUT2D eigenvalue weighted by molar-refractivity contribution is 5.79. The number of hydrogen-bond acceptors (Lipinski definition) is 5. The predicted molar refractivity (Wildman–Crippen MR) is 137 cm³/mol. The third-order valence-corrected chi connectivity index (χ3v) is 5.90. The molecule has 5 heteroatoms. The average Bonchev–Trinajstić information content (AvgIpc) is 2.79. The molecule has 0 fully saturated rings. The van der Waals surface area contributed by atoms with Crippen molar-refractivity contribution < 1.29 is 23.7 Å². The van der Waals surface area contributed by atoms with Gasteiger partial charge in [0.25, 0.3) is 0 Å². The third kappa shape index (κ3) is 9.11. The molecule has 0 aromatic heterocycles. The molecule has 0 aliphatic heterocycles. The first-order valence-electron chi connectivity index (χ1n) is 12.3. The molecule has 0 aliphatic carbocycles. The summed E-state index contributed by atoms with van der Waals surface area (Å²) >= 11 is 0.